The van der Waals surface area contributed by atoms with E-state index in [0.29, 0.717) is 25.1 Å². The van der Waals surface area contributed by atoms with Crippen molar-refractivity contribution in [2.45, 2.75) is 19.8 Å². The van der Waals surface area contributed by atoms with Gasteiger partial charge in [-0.1, -0.05) is 23.4 Å². The van der Waals surface area contributed by atoms with E-state index in [9.17, 15) is 9.90 Å². The van der Waals surface area contributed by atoms with Crippen molar-refractivity contribution in [2.75, 3.05) is 13.1 Å². The Hall–Kier alpha value is -2.24. The number of para-hydroxylation sites is 1. The highest BCUT2D eigenvalue weighted by Crippen LogP contribution is 2.16. The second kappa shape index (κ2) is 7.25. The maximum atomic E-state index is 12.1. The molecule has 0 aromatic heterocycles. The van der Waals surface area contributed by atoms with Gasteiger partial charge in [0.15, 0.2) is 0 Å². The van der Waals surface area contributed by atoms with E-state index in [1.807, 2.05) is 6.92 Å². The van der Waals surface area contributed by atoms with E-state index in [0.717, 1.165) is 0 Å². The van der Waals surface area contributed by atoms with Crippen LogP contribution in [0.5, 0.6) is 5.75 Å². The molecule has 0 spiro atoms. The van der Waals surface area contributed by atoms with E-state index in [1.165, 1.54) is 0 Å². The summed E-state index contributed by atoms with van der Waals surface area (Å²) in [5, 5.41) is 21.0. The minimum absolute atomic E-state index is 0.0915. The number of benzene rings is 1. The standard InChI is InChI=1S/C13H19N3O3/c1-2-16(8-7-12(14)15-19)13(18)9-10-5-3-4-6-11(10)17/h3-6,17,19H,2,7-9H2,1H3,(H2,14,15). The molecule has 0 aliphatic heterocycles. The molecule has 1 aromatic carbocycles. The summed E-state index contributed by atoms with van der Waals surface area (Å²) in [6, 6.07) is 6.74. The molecule has 0 heterocycles. The summed E-state index contributed by atoms with van der Waals surface area (Å²) >= 11 is 0. The summed E-state index contributed by atoms with van der Waals surface area (Å²) in [5.41, 5.74) is 5.97. The first kappa shape index (κ1) is 14.8. The maximum Gasteiger partial charge on any atom is 0.227 e. The van der Waals surface area contributed by atoms with Crippen LogP contribution in [0.2, 0.25) is 0 Å². The van der Waals surface area contributed by atoms with Crippen molar-refractivity contribution in [3.63, 3.8) is 0 Å². The van der Waals surface area contributed by atoms with Crippen LogP contribution in [0, 0.1) is 0 Å². The molecule has 1 aromatic rings. The van der Waals surface area contributed by atoms with E-state index in [2.05, 4.69) is 5.16 Å². The van der Waals surface area contributed by atoms with Gasteiger partial charge in [-0.25, -0.2) is 0 Å². The molecule has 0 saturated carbocycles. The quantitative estimate of drug-likeness (QED) is 0.308. The third-order valence-electron chi connectivity index (χ3n) is 2.83. The molecule has 1 rings (SSSR count). The topological polar surface area (TPSA) is 99.1 Å². The van der Waals surface area contributed by atoms with Crippen LogP contribution in [-0.2, 0) is 11.2 Å². The Bertz CT molecular complexity index is 460. The molecular weight excluding hydrogens is 246 g/mol. The molecule has 104 valence electrons. The van der Waals surface area contributed by atoms with Gasteiger partial charge in [0, 0.05) is 25.1 Å². The van der Waals surface area contributed by atoms with Gasteiger partial charge < -0.3 is 20.9 Å². The molecule has 19 heavy (non-hydrogen) atoms. The van der Waals surface area contributed by atoms with E-state index >= 15 is 0 Å². The summed E-state index contributed by atoms with van der Waals surface area (Å²) in [5.74, 6) is 0.104. The van der Waals surface area contributed by atoms with Gasteiger partial charge >= 0.3 is 0 Å². The number of oxime groups is 1. The first-order valence-electron chi connectivity index (χ1n) is 6.09. The lowest BCUT2D eigenvalue weighted by Gasteiger charge is -2.20. The predicted molar refractivity (Wildman–Crippen MR) is 72.1 cm³/mol. The Morgan fingerprint density at radius 2 is 2.11 bits per heavy atom. The minimum Gasteiger partial charge on any atom is -0.508 e. The molecule has 0 aliphatic rings. The highest BCUT2D eigenvalue weighted by molar-refractivity contribution is 5.82. The molecule has 0 fully saturated rings. The highest BCUT2D eigenvalue weighted by Gasteiger charge is 2.14. The molecule has 0 unspecified atom stereocenters. The number of phenols is 1. The van der Waals surface area contributed by atoms with Crippen LogP contribution in [-0.4, -0.2) is 40.0 Å². The Balaban J connectivity index is 2.62. The Labute approximate surface area is 112 Å². The monoisotopic (exact) mass is 265 g/mol. The lowest BCUT2D eigenvalue weighted by Crippen LogP contribution is -2.35. The maximum absolute atomic E-state index is 12.1. The number of hydrogen-bond donors (Lipinski definition) is 3. The molecule has 4 N–H and O–H groups in total. The SMILES string of the molecule is CCN(CC/C(N)=N/O)C(=O)Cc1ccccc1O. The lowest BCUT2D eigenvalue weighted by molar-refractivity contribution is -0.130. The zero-order valence-corrected chi connectivity index (χ0v) is 10.9. The number of nitrogens with zero attached hydrogens (tertiary/aromatic N) is 2. The molecule has 6 nitrogen and oxygen atoms in total. The van der Waals surface area contributed by atoms with Gasteiger partial charge in [-0.3, -0.25) is 4.79 Å². The summed E-state index contributed by atoms with van der Waals surface area (Å²) < 4.78 is 0. The van der Waals surface area contributed by atoms with Crippen LogP contribution < -0.4 is 5.73 Å². The van der Waals surface area contributed by atoms with E-state index in [-0.39, 0.29) is 23.9 Å². The van der Waals surface area contributed by atoms with Crippen LogP contribution in [0.25, 0.3) is 0 Å². The number of hydrogen-bond acceptors (Lipinski definition) is 4. The van der Waals surface area contributed by atoms with Gasteiger partial charge in [-0.15, -0.1) is 0 Å². The summed E-state index contributed by atoms with van der Waals surface area (Å²) in [4.78, 5) is 13.7. The summed E-state index contributed by atoms with van der Waals surface area (Å²) in [6.07, 6.45) is 0.452. The molecule has 0 bridgehead atoms. The highest BCUT2D eigenvalue weighted by atomic mass is 16.4. The van der Waals surface area contributed by atoms with E-state index in [4.69, 9.17) is 10.9 Å². The van der Waals surface area contributed by atoms with Crippen molar-refractivity contribution in [3.05, 3.63) is 29.8 Å². The van der Waals surface area contributed by atoms with Gasteiger partial charge in [0.1, 0.15) is 11.6 Å². The number of nitrogens with two attached hydrogens (primary N) is 1. The van der Waals surface area contributed by atoms with Gasteiger partial charge in [-0.2, -0.15) is 0 Å². The van der Waals surface area contributed by atoms with Crippen molar-refractivity contribution in [3.8, 4) is 5.75 Å². The molecular formula is C13H19N3O3. The van der Waals surface area contributed by atoms with Crippen LogP contribution in [0.1, 0.15) is 18.9 Å². The molecule has 0 aliphatic carbocycles. The zero-order chi connectivity index (χ0) is 14.3. The largest absolute Gasteiger partial charge is 0.508 e. The smallest absolute Gasteiger partial charge is 0.227 e. The van der Waals surface area contributed by atoms with Crippen LogP contribution in [0.15, 0.2) is 29.4 Å². The average molecular weight is 265 g/mol. The summed E-state index contributed by atoms with van der Waals surface area (Å²) in [6.45, 7) is 2.78. The molecule has 0 saturated heterocycles. The number of carbonyl (C=O) groups is 1. The van der Waals surface area contributed by atoms with Crippen LogP contribution >= 0.6 is 0 Å². The molecule has 0 atom stereocenters. The first-order chi connectivity index (χ1) is 9.08. The van der Waals surface area contributed by atoms with Crippen LogP contribution in [0.3, 0.4) is 0 Å². The minimum atomic E-state index is -0.102. The van der Waals surface area contributed by atoms with Gasteiger partial charge in [0.2, 0.25) is 5.91 Å². The number of likely N-dealkylation sites (N-methyl/N-ethyl adjacent to an activating group) is 1. The fraction of sp³-hybridized carbons (Fsp3) is 0.385. The Kier molecular flexibility index (Phi) is 5.66. The fourth-order valence-electron chi connectivity index (χ4n) is 1.69. The van der Waals surface area contributed by atoms with E-state index in [1.54, 1.807) is 29.2 Å². The summed E-state index contributed by atoms with van der Waals surface area (Å²) in [7, 11) is 0. The second-order valence-electron chi connectivity index (χ2n) is 4.12. The lowest BCUT2D eigenvalue weighted by atomic mass is 10.1. The second-order valence-corrected chi connectivity index (χ2v) is 4.12. The third-order valence-corrected chi connectivity index (χ3v) is 2.83. The number of amides is 1. The fourth-order valence-corrected chi connectivity index (χ4v) is 1.69. The average Bonchev–Trinajstić information content (AvgIpc) is 2.41. The van der Waals surface area contributed by atoms with Crippen LogP contribution in [0.4, 0.5) is 0 Å². The number of rotatable bonds is 6. The number of phenolic OH excluding ortho intramolecular Hbond substituents is 1. The number of aromatic hydroxyl groups is 1. The third kappa shape index (κ3) is 4.50. The van der Waals surface area contributed by atoms with Gasteiger partial charge in [0.25, 0.3) is 0 Å². The Morgan fingerprint density at radius 3 is 2.68 bits per heavy atom. The number of amidine groups is 1. The Morgan fingerprint density at radius 1 is 1.42 bits per heavy atom. The first-order valence-corrected chi connectivity index (χ1v) is 6.09. The van der Waals surface area contributed by atoms with Crippen molar-refractivity contribution < 1.29 is 15.1 Å². The number of carbonyl (C=O) groups excluding carboxylic acids is 1. The predicted octanol–water partition coefficient (Wildman–Crippen LogP) is 0.920. The van der Waals surface area contributed by atoms with Crippen molar-refractivity contribution in [1.82, 2.24) is 4.90 Å². The zero-order valence-electron chi connectivity index (χ0n) is 10.9. The molecule has 0 radical (unpaired) electrons. The van der Waals surface area contributed by atoms with Crippen molar-refractivity contribution in [1.29, 1.82) is 0 Å². The molecule has 6 heteroatoms. The van der Waals surface area contributed by atoms with Gasteiger partial charge in [-0.05, 0) is 13.0 Å². The van der Waals surface area contributed by atoms with E-state index < -0.39 is 0 Å². The normalized spacial score (nSPS) is 11.3. The van der Waals surface area contributed by atoms with Crippen molar-refractivity contribution in [2.24, 2.45) is 10.9 Å². The molecule has 1 amide bonds. The van der Waals surface area contributed by atoms with Crippen molar-refractivity contribution >= 4 is 11.7 Å². The van der Waals surface area contributed by atoms with Gasteiger partial charge in [0.05, 0.1) is 6.42 Å².